The van der Waals surface area contributed by atoms with E-state index >= 15 is 0 Å². The molecule has 2 aromatic rings. The van der Waals surface area contributed by atoms with E-state index < -0.39 is 0 Å². The lowest BCUT2D eigenvalue weighted by Crippen LogP contribution is -2.24. The second-order valence-corrected chi connectivity index (χ2v) is 5.04. The van der Waals surface area contributed by atoms with Gasteiger partial charge in [0.25, 0.3) is 0 Å². The fourth-order valence-electron chi connectivity index (χ4n) is 2.30. The van der Waals surface area contributed by atoms with Crippen LogP contribution in [-0.2, 0) is 13.0 Å². The molecule has 0 saturated heterocycles. The average Bonchev–Trinajstić information content (AvgIpc) is 2.92. The summed E-state index contributed by atoms with van der Waals surface area (Å²) in [5.41, 5.74) is 2.45. The quantitative estimate of drug-likeness (QED) is 0.851. The maximum atomic E-state index is 9.45. The van der Waals surface area contributed by atoms with Gasteiger partial charge in [-0.25, -0.2) is 4.68 Å². The molecule has 0 saturated carbocycles. The van der Waals surface area contributed by atoms with Crippen LogP contribution in [0.4, 0.5) is 0 Å². The van der Waals surface area contributed by atoms with Crippen LogP contribution in [0.1, 0.15) is 25.0 Å². The summed E-state index contributed by atoms with van der Waals surface area (Å²) in [6, 6.07) is 3.84. The van der Waals surface area contributed by atoms with Crippen molar-refractivity contribution in [1.29, 1.82) is 0 Å². The van der Waals surface area contributed by atoms with Crippen molar-refractivity contribution in [2.45, 2.75) is 32.5 Å². The first-order valence-electron chi connectivity index (χ1n) is 5.78. The molecule has 1 aliphatic heterocycles. The van der Waals surface area contributed by atoms with E-state index in [0.717, 1.165) is 29.0 Å². The molecule has 0 bridgehead atoms. The van der Waals surface area contributed by atoms with Gasteiger partial charge in [0.1, 0.15) is 17.7 Å². The highest BCUT2D eigenvalue weighted by molar-refractivity contribution is 5.52. The molecule has 0 fully saturated rings. The van der Waals surface area contributed by atoms with Crippen molar-refractivity contribution >= 4 is 0 Å². The number of ether oxygens (including phenoxy) is 1. The molecule has 0 aliphatic carbocycles. The molecule has 94 valence electrons. The molecule has 0 radical (unpaired) electrons. The smallest absolute Gasteiger partial charge is 0.143 e. The maximum absolute atomic E-state index is 9.45. The first kappa shape index (κ1) is 11.2. The van der Waals surface area contributed by atoms with Crippen molar-refractivity contribution in [1.82, 2.24) is 20.2 Å². The van der Waals surface area contributed by atoms with E-state index in [2.05, 4.69) is 15.5 Å². The third-order valence-electron chi connectivity index (χ3n) is 3.01. The predicted octanol–water partition coefficient (Wildman–Crippen LogP) is 0.868. The maximum Gasteiger partial charge on any atom is 0.143 e. The van der Waals surface area contributed by atoms with Gasteiger partial charge in [0.05, 0.1) is 12.3 Å². The molecule has 0 amide bonds. The Morgan fingerprint density at radius 2 is 2.28 bits per heavy atom. The summed E-state index contributed by atoms with van der Waals surface area (Å²) < 4.78 is 7.44. The minimum atomic E-state index is -0.231. The number of benzene rings is 1. The Bertz CT molecular complexity index is 578. The number of hydrogen-bond donors (Lipinski definition) is 1. The number of nitrogens with zero attached hydrogens (tertiary/aromatic N) is 4. The fourth-order valence-corrected chi connectivity index (χ4v) is 2.30. The number of aliphatic hydroxyl groups excluding tert-OH is 1. The van der Waals surface area contributed by atoms with Crippen LogP contribution < -0.4 is 4.74 Å². The SMILES string of the molecule is CC1(C)Cc2cc(-n3cnnn3)cc(CO)c2O1. The van der Waals surface area contributed by atoms with Crippen LogP contribution in [0.2, 0.25) is 0 Å². The van der Waals surface area contributed by atoms with E-state index in [9.17, 15) is 5.11 Å². The number of hydrogen-bond acceptors (Lipinski definition) is 5. The number of aromatic nitrogens is 4. The zero-order valence-corrected chi connectivity index (χ0v) is 10.3. The normalized spacial score (nSPS) is 16.4. The summed E-state index contributed by atoms with van der Waals surface area (Å²) in [6.45, 7) is 4.00. The van der Waals surface area contributed by atoms with Crippen molar-refractivity contribution in [3.8, 4) is 11.4 Å². The lowest BCUT2D eigenvalue weighted by atomic mass is 10.00. The van der Waals surface area contributed by atoms with Crippen LogP contribution in [0.15, 0.2) is 18.5 Å². The largest absolute Gasteiger partial charge is 0.487 e. The van der Waals surface area contributed by atoms with Crippen LogP contribution >= 0.6 is 0 Å². The van der Waals surface area contributed by atoms with Gasteiger partial charge in [0, 0.05) is 17.5 Å². The first-order valence-corrected chi connectivity index (χ1v) is 5.78. The fraction of sp³-hybridized carbons (Fsp3) is 0.417. The van der Waals surface area contributed by atoms with E-state index in [1.165, 1.54) is 6.33 Å². The van der Waals surface area contributed by atoms with E-state index in [0.29, 0.717) is 0 Å². The van der Waals surface area contributed by atoms with Gasteiger partial charge < -0.3 is 9.84 Å². The molecule has 18 heavy (non-hydrogen) atoms. The number of tetrazole rings is 1. The molecular formula is C12H14N4O2. The molecule has 1 N–H and O–H groups in total. The molecule has 6 nitrogen and oxygen atoms in total. The van der Waals surface area contributed by atoms with E-state index in [1.54, 1.807) is 4.68 Å². The number of aliphatic hydroxyl groups is 1. The van der Waals surface area contributed by atoms with Crippen LogP contribution in [0, 0.1) is 0 Å². The van der Waals surface area contributed by atoms with E-state index in [-0.39, 0.29) is 12.2 Å². The third-order valence-corrected chi connectivity index (χ3v) is 3.01. The van der Waals surface area contributed by atoms with Crippen molar-refractivity contribution in [3.63, 3.8) is 0 Å². The highest BCUT2D eigenvalue weighted by Gasteiger charge is 2.32. The molecule has 6 heteroatoms. The number of fused-ring (bicyclic) bond motifs is 1. The number of rotatable bonds is 2. The summed E-state index contributed by atoms with van der Waals surface area (Å²) >= 11 is 0. The van der Waals surface area contributed by atoms with Gasteiger partial charge in [-0.1, -0.05) is 0 Å². The molecule has 0 spiro atoms. The highest BCUT2D eigenvalue weighted by atomic mass is 16.5. The lowest BCUT2D eigenvalue weighted by Gasteiger charge is -2.17. The average molecular weight is 246 g/mol. The second kappa shape index (κ2) is 3.78. The van der Waals surface area contributed by atoms with Crippen molar-refractivity contribution < 1.29 is 9.84 Å². The molecule has 2 heterocycles. The zero-order valence-electron chi connectivity index (χ0n) is 10.3. The first-order chi connectivity index (χ1) is 8.59. The molecular weight excluding hydrogens is 232 g/mol. The highest BCUT2D eigenvalue weighted by Crippen LogP contribution is 2.39. The van der Waals surface area contributed by atoms with E-state index in [4.69, 9.17) is 4.74 Å². The Morgan fingerprint density at radius 3 is 2.94 bits per heavy atom. The Hall–Kier alpha value is -1.95. The van der Waals surface area contributed by atoms with Gasteiger partial charge in [-0.2, -0.15) is 0 Å². The van der Waals surface area contributed by atoms with Gasteiger partial charge in [-0.05, 0) is 36.4 Å². The van der Waals surface area contributed by atoms with Crippen LogP contribution in [0.3, 0.4) is 0 Å². The Labute approximate surface area is 104 Å². The van der Waals surface area contributed by atoms with Crippen LogP contribution in [0.25, 0.3) is 5.69 Å². The topological polar surface area (TPSA) is 73.1 Å². The Morgan fingerprint density at radius 1 is 1.44 bits per heavy atom. The molecule has 0 atom stereocenters. The molecule has 1 aliphatic rings. The van der Waals surface area contributed by atoms with Crippen LogP contribution in [-0.4, -0.2) is 30.9 Å². The Balaban J connectivity index is 2.12. The van der Waals surface area contributed by atoms with Gasteiger partial charge in [-0.3, -0.25) is 0 Å². The third kappa shape index (κ3) is 1.74. The van der Waals surface area contributed by atoms with Gasteiger partial charge in [-0.15, -0.1) is 5.10 Å². The Kier molecular flexibility index (Phi) is 2.34. The predicted molar refractivity (Wildman–Crippen MR) is 63.5 cm³/mol. The summed E-state index contributed by atoms with van der Waals surface area (Å²) in [4.78, 5) is 0. The van der Waals surface area contributed by atoms with Gasteiger partial charge in [0.15, 0.2) is 0 Å². The zero-order chi connectivity index (χ0) is 12.8. The molecule has 0 unspecified atom stereocenters. The van der Waals surface area contributed by atoms with Gasteiger partial charge >= 0.3 is 0 Å². The summed E-state index contributed by atoms with van der Waals surface area (Å²) in [5.74, 6) is 0.791. The minimum absolute atomic E-state index is 0.0611. The van der Waals surface area contributed by atoms with Crippen molar-refractivity contribution in [3.05, 3.63) is 29.6 Å². The second-order valence-electron chi connectivity index (χ2n) is 5.04. The summed E-state index contributed by atoms with van der Waals surface area (Å²) in [6.07, 6.45) is 2.34. The monoisotopic (exact) mass is 246 g/mol. The minimum Gasteiger partial charge on any atom is -0.487 e. The standard InChI is InChI=1S/C12H14N4O2/c1-12(2)5-8-3-10(16-7-13-14-15-16)4-9(6-17)11(8)18-12/h3-4,7,17H,5-6H2,1-2H3. The molecule has 1 aromatic carbocycles. The van der Waals surface area contributed by atoms with Crippen molar-refractivity contribution in [2.24, 2.45) is 0 Å². The summed E-state index contributed by atoms with van der Waals surface area (Å²) in [5, 5.41) is 20.5. The van der Waals surface area contributed by atoms with Crippen LogP contribution in [0.5, 0.6) is 5.75 Å². The lowest BCUT2D eigenvalue weighted by molar-refractivity contribution is 0.134. The van der Waals surface area contributed by atoms with Crippen molar-refractivity contribution in [2.75, 3.05) is 0 Å². The van der Waals surface area contributed by atoms with E-state index in [1.807, 2.05) is 26.0 Å². The van der Waals surface area contributed by atoms with Gasteiger partial charge in [0.2, 0.25) is 0 Å². The molecule has 3 rings (SSSR count). The molecule has 1 aromatic heterocycles. The summed E-state index contributed by atoms with van der Waals surface area (Å²) in [7, 11) is 0.